The van der Waals surface area contributed by atoms with Crippen LogP contribution in [0.5, 0.6) is 0 Å². The van der Waals surface area contributed by atoms with Crippen molar-refractivity contribution in [3.8, 4) is 0 Å². The first kappa shape index (κ1) is 12.3. The van der Waals surface area contributed by atoms with Crippen LogP contribution in [-0.4, -0.2) is 21.2 Å². The molecule has 0 saturated heterocycles. The van der Waals surface area contributed by atoms with Crippen LogP contribution in [0.15, 0.2) is 30.5 Å². The molecule has 0 aliphatic carbocycles. The fraction of sp³-hybridized carbons (Fsp3) is 0.308. The fourth-order valence-corrected chi connectivity index (χ4v) is 1.57. The summed E-state index contributed by atoms with van der Waals surface area (Å²) < 4.78 is 0. The maximum absolute atomic E-state index is 4.34. The summed E-state index contributed by atoms with van der Waals surface area (Å²) >= 11 is 0. The smallest absolute Gasteiger partial charge is 0.249 e. The summed E-state index contributed by atoms with van der Waals surface area (Å²) in [5, 5.41) is 14.2. The number of rotatable bonds is 4. The first-order valence-electron chi connectivity index (χ1n) is 5.93. The molecule has 5 nitrogen and oxygen atoms in total. The van der Waals surface area contributed by atoms with Gasteiger partial charge in [-0.3, -0.25) is 0 Å². The maximum atomic E-state index is 4.34. The van der Waals surface area contributed by atoms with Gasteiger partial charge in [-0.1, -0.05) is 12.1 Å². The highest BCUT2D eigenvalue weighted by Gasteiger charge is 2.02. The number of aryl methyl sites for hydroxylation is 1. The molecule has 0 radical (unpaired) electrons. The van der Waals surface area contributed by atoms with E-state index in [1.54, 1.807) is 6.20 Å². The number of aromatic nitrogens is 3. The van der Waals surface area contributed by atoms with Gasteiger partial charge in [-0.05, 0) is 38.5 Å². The molecule has 0 amide bonds. The number of nitrogens with one attached hydrogen (secondary N) is 2. The Hall–Kier alpha value is -2.17. The van der Waals surface area contributed by atoms with E-state index in [1.165, 1.54) is 5.56 Å². The predicted octanol–water partition coefficient (Wildman–Crippen LogP) is 2.74. The third-order valence-electron chi connectivity index (χ3n) is 2.27. The van der Waals surface area contributed by atoms with E-state index in [4.69, 9.17) is 0 Å². The Bertz CT molecular complexity index is 524. The van der Waals surface area contributed by atoms with Crippen LogP contribution in [0.4, 0.5) is 17.5 Å². The van der Waals surface area contributed by atoms with Gasteiger partial charge >= 0.3 is 0 Å². The lowest BCUT2D eigenvalue weighted by Crippen LogP contribution is -2.12. The van der Waals surface area contributed by atoms with Crippen LogP contribution in [0.1, 0.15) is 19.4 Å². The average Bonchev–Trinajstić information content (AvgIpc) is 2.28. The lowest BCUT2D eigenvalue weighted by atomic mass is 10.2. The van der Waals surface area contributed by atoms with Crippen molar-refractivity contribution >= 4 is 17.5 Å². The summed E-state index contributed by atoms with van der Waals surface area (Å²) in [6.07, 6.45) is 1.61. The summed E-state index contributed by atoms with van der Waals surface area (Å²) in [4.78, 5) is 4.34. The van der Waals surface area contributed by atoms with Crippen molar-refractivity contribution in [3.63, 3.8) is 0 Å². The van der Waals surface area contributed by atoms with Crippen LogP contribution < -0.4 is 10.6 Å². The van der Waals surface area contributed by atoms with Gasteiger partial charge in [-0.2, -0.15) is 10.1 Å². The summed E-state index contributed by atoms with van der Waals surface area (Å²) in [6, 6.07) is 8.35. The summed E-state index contributed by atoms with van der Waals surface area (Å²) in [5.74, 6) is 1.21. The van der Waals surface area contributed by atoms with Gasteiger partial charge < -0.3 is 10.6 Å². The molecule has 1 heterocycles. The average molecular weight is 243 g/mol. The van der Waals surface area contributed by atoms with Crippen molar-refractivity contribution in [3.05, 3.63) is 36.0 Å². The molecule has 18 heavy (non-hydrogen) atoms. The van der Waals surface area contributed by atoms with Gasteiger partial charge in [0.25, 0.3) is 0 Å². The Morgan fingerprint density at radius 3 is 2.78 bits per heavy atom. The van der Waals surface area contributed by atoms with E-state index in [0.29, 0.717) is 12.0 Å². The topological polar surface area (TPSA) is 62.7 Å². The molecule has 1 aromatic heterocycles. The summed E-state index contributed by atoms with van der Waals surface area (Å²) in [6.45, 7) is 6.15. The molecular weight excluding hydrogens is 226 g/mol. The largest absolute Gasteiger partial charge is 0.366 e. The molecule has 1 aromatic carbocycles. The van der Waals surface area contributed by atoms with Gasteiger partial charge in [0.2, 0.25) is 5.95 Å². The Balaban J connectivity index is 2.14. The second-order valence-corrected chi connectivity index (χ2v) is 4.46. The molecule has 0 atom stereocenters. The highest BCUT2D eigenvalue weighted by molar-refractivity contribution is 5.55. The standard InChI is InChI=1S/C13H17N5/c1-9(2)15-12-8-14-18-13(17-12)16-11-6-4-5-10(3)7-11/h4-9H,1-3H3,(H2,15,16,17,18). The molecule has 2 N–H and O–H groups in total. The van der Waals surface area contributed by atoms with Gasteiger partial charge in [-0.25, -0.2) is 0 Å². The van der Waals surface area contributed by atoms with E-state index in [9.17, 15) is 0 Å². The second-order valence-electron chi connectivity index (χ2n) is 4.46. The molecule has 0 saturated carbocycles. The first-order chi connectivity index (χ1) is 8.63. The Kier molecular flexibility index (Phi) is 3.72. The number of nitrogens with zero attached hydrogens (tertiary/aromatic N) is 3. The molecule has 0 spiro atoms. The van der Waals surface area contributed by atoms with Gasteiger partial charge in [-0.15, -0.1) is 5.10 Å². The molecule has 0 bridgehead atoms. The molecule has 2 rings (SSSR count). The van der Waals surface area contributed by atoms with Crippen LogP contribution in [0.25, 0.3) is 0 Å². The third-order valence-corrected chi connectivity index (χ3v) is 2.27. The van der Waals surface area contributed by atoms with Crippen molar-refractivity contribution in [1.29, 1.82) is 0 Å². The molecule has 0 unspecified atom stereocenters. The monoisotopic (exact) mass is 243 g/mol. The normalized spacial score (nSPS) is 10.4. The minimum Gasteiger partial charge on any atom is -0.366 e. The highest BCUT2D eigenvalue weighted by atomic mass is 15.3. The van der Waals surface area contributed by atoms with Crippen LogP contribution in [0.3, 0.4) is 0 Å². The first-order valence-corrected chi connectivity index (χ1v) is 5.93. The van der Waals surface area contributed by atoms with Crippen molar-refractivity contribution in [2.75, 3.05) is 10.6 Å². The number of hydrogen-bond donors (Lipinski definition) is 2. The van der Waals surface area contributed by atoms with Crippen molar-refractivity contribution in [2.45, 2.75) is 26.8 Å². The van der Waals surface area contributed by atoms with Gasteiger partial charge in [0.15, 0.2) is 5.82 Å². The third kappa shape index (κ3) is 3.41. The van der Waals surface area contributed by atoms with E-state index in [0.717, 1.165) is 11.5 Å². The van der Waals surface area contributed by atoms with E-state index in [1.807, 2.05) is 31.2 Å². The quantitative estimate of drug-likeness (QED) is 0.864. The highest BCUT2D eigenvalue weighted by Crippen LogP contribution is 2.14. The molecular formula is C13H17N5. The number of benzene rings is 1. The number of anilines is 3. The summed E-state index contributed by atoms with van der Waals surface area (Å²) in [5.41, 5.74) is 2.14. The zero-order valence-electron chi connectivity index (χ0n) is 10.8. The van der Waals surface area contributed by atoms with Crippen LogP contribution in [0.2, 0.25) is 0 Å². The van der Waals surface area contributed by atoms with E-state index < -0.39 is 0 Å². The van der Waals surface area contributed by atoms with Crippen LogP contribution in [-0.2, 0) is 0 Å². The van der Waals surface area contributed by atoms with E-state index in [2.05, 4.69) is 39.7 Å². The lowest BCUT2D eigenvalue weighted by Gasteiger charge is -2.09. The predicted molar refractivity (Wildman–Crippen MR) is 73.0 cm³/mol. The minimum atomic E-state index is 0.313. The van der Waals surface area contributed by atoms with Crippen LogP contribution in [0, 0.1) is 6.92 Å². The van der Waals surface area contributed by atoms with Crippen molar-refractivity contribution < 1.29 is 0 Å². The Labute approximate surface area is 107 Å². The summed E-state index contributed by atoms with van der Waals surface area (Å²) in [7, 11) is 0. The van der Waals surface area contributed by atoms with Gasteiger partial charge in [0, 0.05) is 11.7 Å². The fourth-order valence-electron chi connectivity index (χ4n) is 1.57. The minimum absolute atomic E-state index is 0.313. The maximum Gasteiger partial charge on any atom is 0.249 e. The van der Waals surface area contributed by atoms with Crippen molar-refractivity contribution in [2.24, 2.45) is 0 Å². The van der Waals surface area contributed by atoms with Crippen molar-refractivity contribution in [1.82, 2.24) is 15.2 Å². The molecule has 5 heteroatoms. The lowest BCUT2D eigenvalue weighted by molar-refractivity contribution is 0.873. The SMILES string of the molecule is Cc1cccc(Nc2nncc(NC(C)C)n2)c1. The van der Waals surface area contributed by atoms with Gasteiger partial charge in [0.1, 0.15) is 0 Å². The van der Waals surface area contributed by atoms with E-state index >= 15 is 0 Å². The molecule has 0 fully saturated rings. The van der Waals surface area contributed by atoms with Gasteiger partial charge in [0.05, 0.1) is 6.20 Å². The van der Waals surface area contributed by atoms with E-state index in [-0.39, 0.29) is 0 Å². The Morgan fingerprint density at radius 1 is 1.22 bits per heavy atom. The molecule has 0 aliphatic rings. The molecule has 94 valence electrons. The number of hydrogen-bond acceptors (Lipinski definition) is 5. The second kappa shape index (κ2) is 5.44. The Morgan fingerprint density at radius 2 is 2.06 bits per heavy atom. The molecule has 0 aliphatic heterocycles. The zero-order valence-corrected chi connectivity index (χ0v) is 10.8. The molecule has 2 aromatic rings. The van der Waals surface area contributed by atoms with Crippen LogP contribution >= 0.6 is 0 Å². The zero-order chi connectivity index (χ0) is 13.0.